The zero-order chi connectivity index (χ0) is 6.91. The maximum absolute atomic E-state index is 9.27. The van der Waals surface area contributed by atoms with Gasteiger partial charge in [-0.1, -0.05) is 6.92 Å². The standard InChI is InChI=1S/C7H14O2/c1-2-6(8)5-7(9)3-4-7/h6,8-9H,2-5H2,1H3/t6-/m1/s1. The minimum atomic E-state index is -0.477. The van der Waals surface area contributed by atoms with Crippen LogP contribution >= 0.6 is 0 Å². The largest absolute Gasteiger partial charge is 0.393 e. The highest BCUT2D eigenvalue weighted by molar-refractivity contribution is 4.94. The molecule has 2 heteroatoms. The Morgan fingerprint density at radius 3 is 2.44 bits per heavy atom. The average Bonchev–Trinajstić information content (AvgIpc) is 2.48. The molecule has 2 N–H and O–H groups in total. The summed E-state index contributed by atoms with van der Waals surface area (Å²) in [5, 5.41) is 18.3. The highest BCUT2D eigenvalue weighted by Gasteiger charge is 2.41. The first-order valence-corrected chi connectivity index (χ1v) is 3.57. The Bertz CT molecular complexity index is 97.1. The van der Waals surface area contributed by atoms with Crippen molar-refractivity contribution >= 4 is 0 Å². The number of rotatable bonds is 3. The Labute approximate surface area is 55.5 Å². The van der Waals surface area contributed by atoms with Crippen LogP contribution in [0, 0.1) is 0 Å². The van der Waals surface area contributed by atoms with Crippen LogP contribution in [0.4, 0.5) is 0 Å². The molecule has 0 aromatic carbocycles. The van der Waals surface area contributed by atoms with Crippen molar-refractivity contribution in [1.82, 2.24) is 0 Å². The van der Waals surface area contributed by atoms with E-state index in [9.17, 15) is 5.11 Å². The first kappa shape index (κ1) is 7.03. The molecule has 0 bridgehead atoms. The number of hydrogen-bond acceptors (Lipinski definition) is 2. The van der Waals surface area contributed by atoms with Gasteiger partial charge in [0.15, 0.2) is 0 Å². The molecule has 0 aliphatic heterocycles. The fourth-order valence-corrected chi connectivity index (χ4v) is 0.931. The zero-order valence-electron chi connectivity index (χ0n) is 5.80. The second kappa shape index (κ2) is 2.27. The molecule has 2 nitrogen and oxygen atoms in total. The molecular weight excluding hydrogens is 116 g/mol. The van der Waals surface area contributed by atoms with Crippen molar-refractivity contribution in [3.05, 3.63) is 0 Å². The number of aliphatic hydroxyl groups excluding tert-OH is 1. The summed E-state index contributed by atoms with van der Waals surface area (Å²) in [5.41, 5.74) is -0.477. The monoisotopic (exact) mass is 130 g/mol. The van der Waals surface area contributed by atoms with Gasteiger partial charge in [-0.05, 0) is 19.3 Å². The third-order valence-electron chi connectivity index (χ3n) is 1.91. The van der Waals surface area contributed by atoms with E-state index in [2.05, 4.69) is 0 Å². The molecule has 1 saturated carbocycles. The summed E-state index contributed by atoms with van der Waals surface area (Å²) in [6, 6.07) is 0. The van der Waals surface area contributed by atoms with E-state index >= 15 is 0 Å². The normalized spacial score (nSPS) is 25.7. The van der Waals surface area contributed by atoms with Crippen LogP contribution in [0.5, 0.6) is 0 Å². The van der Waals surface area contributed by atoms with Gasteiger partial charge in [0, 0.05) is 6.42 Å². The smallest absolute Gasteiger partial charge is 0.0674 e. The quantitative estimate of drug-likeness (QED) is 0.589. The van der Waals surface area contributed by atoms with E-state index in [4.69, 9.17) is 5.11 Å². The summed E-state index contributed by atoms with van der Waals surface area (Å²) in [7, 11) is 0. The fourth-order valence-electron chi connectivity index (χ4n) is 0.931. The molecule has 0 saturated heterocycles. The summed E-state index contributed by atoms with van der Waals surface area (Å²) in [4.78, 5) is 0. The molecule has 0 heterocycles. The lowest BCUT2D eigenvalue weighted by Crippen LogP contribution is -2.17. The van der Waals surface area contributed by atoms with Gasteiger partial charge in [-0.2, -0.15) is 0 Å². The van der Waals surface area contributed by atoms with Gasteiger partial charge < -0.3 is 10.2 Å². The van der Waals surface area contributed by atoms with Gasteiger partial charge in [-0.15, -0.1) is 0 Å². The van der Waals surface area contributed by atoms with Crippen LogP contribution in [0.25, 0.3) is 0 Å². The van der Waals surface area contributed by atoms with Crippen molar-refractivity contribution in [2.75, 3.05) is 0 Å². The molecule has 0 aromatic rings. The predicted molar refractivity (Wildman–Crippen MR) is 35.1 cm³/mol. The molecule has 1 aliphatic carbocycles. The summed E-state index contributed by atoms with van der Waals surface area (Å²) >= 11 is 0. The lowest BCUT2D eigenvalue weighted by atomic mass is 10.1. The van der Waals surface area contributed by atoms with Crippen LogP contribution in [-0.4, -0.2) is 21.9 Å². The van der Waals surface area contributed by atoms with E-state index in [0.29, 0.717) is 6.42 Å². The molecule has 9 heavy (non-hydrogen) atoms. The molecule has 0 unspecified atom stereocenters. The Balaban J connectivity index is 2.17. The Kier molecular flexibility index (Phi) is 1.78. The Morgan fingerprint density at radius 2 is 2.11 bits per heavy atom. The third kappa shape index (κ3) is 1.95. The lowest BCUT2D eigenvalue weighted by Gasteiger charge is -2.11. The maximum atomic E-state index is 9.27. The average molecular weight is 130 g/mol. The topological polar surface area (TPSA) is 40.5 Å². The van der Waals surface area contributed by atoms with Gasteiger partial charge in [0.05, 0.1) is 11.7 Å². The van der Waals surface area contributed by atoms with E-state index in [1.807, 2.05) is 6.92 Å². The van der Waals surface area contributed by atoms with Gasteiger partial charge in [-0.25, -0.2) is 0 Å². The zero-order valence-corrected chi connectivity index (χ0v) is 5.80. The fraction of sp³-hybridized carbons (Fsp3) is 1.00. The maximum Gasteiger partial charge on any atom is 0.0674 e. The highest BCUT2D eigenvalue weighted by atomic mass is 16.3. The summed E-state index contributed by atoms with van der Waals surface area (Å²) in [6.45, 7) is 1.93. The van der Waals surface area contributed by atoms with Crippen LogP contribution in [0.15, 0.2) is 0 Å². The van der Waals surface area contributed by atoms with Crippen molar-refractivity contribution < 1.29 is 10.2 Å². The van der Waals surface area contributed by atoms with Crippen LogP contribution in [0.1, 0.15) is 32.6 Å². The van der Waals surface area contributed by atoms with Crippen molar-refractivity contribution in [2.45, 2.75) is 44.3 Å². The second-order valence-corrected chi connectivity index (χ2v) is 2.99. The first-order chi connectivity index (χ1) is 4.16. The summed E-state index contributed by atoms with van der Waals surface area (Å²) in [6.07, 6.45) is 2.79. The summed E-state index contributed by atoms with van der Waals surface area (Å²) < 4.78 is 0. The SMILES string of the molecule is CC[C@@H](O)CC1(O)CC1. The van der Waals surface area contributed by atoms with Gasteiger partial charge >= 0.3 is 0 Å². The molecule has 54 valence electrons. The first-order valence-electron chi connectivity index (χ1n) is 3.57. The van der Waals surface area contributed by atoms with Crippen LogP contribution in [-0.2, 0) is 0 Å². The molecule has 1 rings (SSSR count). The molecule has 0 radical (unpaired) electrons. The molecule has 1 aliphatic rings. The highest BCUT2D eigenvalue weighted by Crippen LogP contribution is 2.39. The number of aliphatic hydroxyl groups is 2. The van der Waals surface area contributed by atoms with Crippen LogP contribution < -0.4 is 0 Å². The van der Waals surface area contributed by atoms with Crippen LogP contribution in [0.2, 0.25) is 0 Å². The van der Waals surface area contributed by atoms with Crippen molar-refractivity contribution in [3.63, 3.8) is 0 Å². The van der Waals surface area contributed by atoms with Crippen LogP contribution in [0.3, 0.4) is 0 Å². The van der Waals surface area contributed by atoms with E-state index in [1.165, 1.54) is 0 Å². The molecule has 1 fully saturated rings. The van der Waals surface area contributed by atoms with Gasteiger partial charge in [0.1, 0.15) is 0 Å². The van der Waals surface area contributed by atoms with E-state index in [-0.39, 0.29) is 6.10 Å². The second-order valence-electron chi connectivity index (χ2n) is 2.99. The minimum Gasteiger partial charge on any atom is -0.393 e. The number of hydrogen-bond donors (Lipinski definition) is 2. The minimum absolute atomic E-state index is 0.294. The summed E-state index contributed by atoms with van der Waals surface area (Å²) in [5.74, 6) is 0. The van der Waals surface area contributed by atoms with Gasteiger partial charge in [-0.3, -0.25) is 0 Å². The van der Waals surface area contributed by atoms with E-state index < -0.39 is 5.60 Å². The Morgan fingerprint density at radius 1 is 1.56 bits per heavy atom. The lowest BCUT2D eigenvalue weighted by molar-refractivity contribution is 0.0628. The van der Waals surface area contributed by atoms with Crippen molar-refractivity contribution in [1.29, 1.82) is 0 Å². The molecule has 0 aromatic heterocycles. The van der Waals surface area contributed by atoms with E-state index in [0.717, 1.165) is 19.3 Å². The molecular formula is C7H14O2. The van der Waals surface area contributed by atoms with Crippen molar-refractivity contribution in [3.8, 4) is 0 Å². The predicted octanol–water partition coefficient (Wildman–Crippen LogP) is 0.672. The third-order valence-corrected chi connectivity index (χ3v) is 1.91. The van der Waals surface area contributed by atoms with E-state index in [1.54, 1.807) is 0 Å². The molecule has 0 amide bonds. The Hall–Kier alpha value is -0.0800. The molecule has 1 atom stereocenters. The van der Waals surface area contributed by atoms with Gasteiger partial charge in [0.2, 0.25) is 0 Å². The van der Waals surface area contributed by atoms with Gasteiger partial charge in [0.25, 0.3) is 0 Å². The van der Waals surface area contributed by atoms with Crippen molar-refractivity contribution in [2.24, 2.45) is 0 Å². The molecule has 0 spiro atoms.